The van der Waals surface area contributed by atoms with Crippen LogP contribution in [0.4, 0.5) is 17.1 Å². The monoisotopic (exact) mass is 619 g/mol. The fraction of sp³-hybridized carbons (Fsp3) is 0.0667. The van der Waals surface area contributed by atoms with Crippen LogP contribution in [0.15, 0.2) is 164 Å². The summed E-state index contributed by atoms with van der Waals surface area (Å²) < 4.78 is 2.67. The maximum Gasteiger partial charge on any atom is 0.0468 e. The molecule has 0 N–H and O–H groups in total. The summed E-state index contributed by atoms with van der Waals surface area (Å²) in [6, 6.07) is 60.0. The van der Waals surface area contributed by atoms with Gasteiger partial charge in [0, 0.05) is 48.2 Å². The fourth-order valence-electron chi connectivity index (χ4n) is 7.59. The van der Waals surface area contributed by atoms with Gasteiger partial charge in [0.15, 0.2) is 0 Å². The van der Waals surface area contributed by atoms with Crippen LogP contribution in [-0.2, 0) is 5.41 Å². The van der Waals surface area contributed by atoms with Crippen molar-refractivity contribution < 1.29 is 0 Å². The highest BCUT2D eigenvalue weighted by molar-refractivity contribution is 7.26. The smallest absolute Gasteiger partial charge is 0.0468 e. The second kappa shape index (κ2) is 10.8. The Balaban J connectivity index is 1.15. The normalized spacial score (nSPS) is 13.1. The van der Waals surface area contributed by atoms with E-state index in [0.717, 1.165) is 17.1 Å². The quantitative estimate of drug-likeness (QED) is 0.185. The van der Waals surface area contributed by atoms with Crippen molar-refractivity contribution >= 4 is 48.6 Å². The second-order valence-electron chi connectivity index (χ2n) is 12.9. The molecule has 8 aromatic rings. The van der Waals surface area contributed by atoms with Crippen LogP contribution in [0.25, 0.3) is 53.6 Å². The van der Waals surface area contributed by atoms with Gasteiger partial charge in [-0.3, -0.25) is 0 Å². The number of thiophene rings is 1. The lowest BCUT2D eigenvalue weighted by Crippen LogP contribution is -2.15. The van der Waals surface area contributed by atoms with Crippen molar-refractivity contribution in [2.24, 2.45) is 0 Å². The Kier molecular flexibility index (Phi) is 6.41. The number of hydrogen-bond acceptors (Lipinski definition) is 2. The van der Waals surface area contributed by atoms with Gasteiger partial charge in [0.25, 0.3) is 0 Å². The molecule has 0 saturated heterocycles. The first-order valence-electron chi connectivity index (χ1n) is 16.3. The zero-order chi connectivity index (χ0) is 31.5. The Hall–Kier alpha value is -5.44. The minimum Gasteiger partial charge on any atom is -0.310 e. The lowest BCUT2D eigenvalue weighted by atomic mass is 9.82. The number of benzene rings is 7. The van der Waals surface area contributed by atoms with E-state index in [1.165, 1.54) is 64.7 Å². The Bertz CT molecular complexity index is 2430. The van der Waals surface area contributed by atoms with Gasteiger partial charge in [0.1, 0.15) is 0 Å². The van der Waals surface area contributed by atoms with Crippen LogP contribution in [0.5, 0.6) is 0 Å². The van der Waals surface area contributed by atoms with Crippen LogP contribution < -0.4 is 4.90 Å². The van der Waals surface area contributed by atoms with Gasteiger partial charge in [-0.15, -0.1) is 11.3 Å². The van der Waals surface area contributed by atoms with Crippen LogP contribution in [-0.4, -0.2) is 0 Å². The van der Waals surface area contributed by atoms with E-state index in [4.69, 9.17) is 0 Å². The zero-order valence-electron chi connectivity index (χ0n) is 26.4. The summed E-state index contributed by atoms with van der Waals surface area (Å²) in [5.74, 6) is 0. The topological polar surface area (TPSA) is 3.24 Å². The number of anilines is 3. The van der Waals surface area contributed by atoms with Gasteiger partial charge in [0.05, 0.1) is 0 Å². The minimum absolute atomic E-state index is 0.0166. The third-order valence-corrected chi connectivity index (χ3v) is 11.1. The molecule has 2 heteroatoms. The molecule has 0 atom stereocenters. The molecule has 1 aliphatic rings. The van der Waals surface area contributed by atoms with Crippen molar-refractivity contribution in [3.05, 3.63) is 175 Å². The molecule has 47 heavy (non-hydrogen) atoms. The summed E-state index contributed by atoms with van der Waals surface area (Å²) in [6.45, 7) is 4.67. The van der Waals surface area contributed by atoms with E-state index >= 15 is 0 Å². The SMILES string of the molecule is CC1(C)c2ccccc2-c2cc(N(c3ccccc3)c3ccc(-c4ccccc4-c4cccc5c4sc4ccccc45)cc3)ccc21. The van der Waals surface area contributed by atoms with Crippen LogP contribution in [0.2, 0.25) is 0 Å². The minimum atomic E-state index is -0.0166. The first kappa shape index (κ1) is 27.8. The second-order valence-corrected chi connectivity index (χ2v) is 14.0. The molecular formula is C45H33NS. The maximum absolute atomic E-state index is 2.38. The van der Waals surface area contributed by atoms with Crippen molar-refractivity contribution in [2.75, 3.05) is 4.90 Å². The molecule has 0 bridgehead atoms. The largest absolute Gasteiger partial charge is 0.310 e. The van der Waals surface area contributed by atoms with Crippen LogP contribution >= 0.6 is 11.3 Å². The number of fused-ring (bicyclic) bond motifs is 6. The molecule has 1 aromatic heterocycles. The van der Waals surface area contributed by atoms with Crippen molar-refractivity contribution in [1.82, 2.24) is 0 Å². The van der Waals surface area contributed by atoms with Crippen LogP contribution in [0.1, 0.15) is 25.0 Å². The molecule has 0 spiro atoms. The molecule has 0 fully saturated rings. The molecule has 0 aliphatic heterocycles. The van der Waals surface area contributed by atoms with Gasteiger partial charge >= 0.3 is 0 Å². The van der Waals surface area contributed by atoms with Gasteiger partial charge < -0.3 is 4.90 Å². The summed E-state index contributed by atoms with van der Waals surface area (Å²) in [6.07, 6.45) is 0. The molecule has 224 valence electrons. The Morgan fingerprint density at radius 2 is 1.02 bits per heavy atom. The summed E-state index contributed by atoms with van der Waals surface area (Å²) >= 11 is 1.89. The highest BCUT2D eigenvalue weighted by atomic mass is 32.1. The number of hydrogen-bond donors (Lipinski definition) is 0. The summed E-state index contributed by atoms with van der Waals surface area (Å²) in [5, 5.41) is 2.66. The van der Waals surface area contributed by atoms with E-state index in [9.17, 15) is 0 Å². The third kappa shape index (κ3) is 4.44. The van der Waals surface area contributed by atoms with Crippen LogP contribution in [0.3, 0.4) is 0 Å². The van der Waals surface area contributed by atoms with Crippen molar-refractivity contribution in [3.8, 4) is 33.4 Å². The summed E-state index contributed by atoms with van der Waals surface area (Å²) in [5.41, 5.74) is 13.9. The van der Waals surface area contributed by atoms with E-state index in [-0.39, 0.29) is 5.41 Å². The van der Waals surface area contributed by atoms with E-state index in [2.05, 4.69) is 183 Å². The summed E-state index contributed by atoms with van der Waals surface area (Å²) in [7, 11) is 0. The highest BCUT2D eigenvalue weighted by Crippen LogP contribution is 2.51. The predicted molar refractivity (Wildman–Crippen MR) is 202 cm³/mol. The molecule has 1 aliphatic carbocycles. The molecule has 1 nitrogen and oxygen atoms in total. The molecule has 7 aromatic carbocycles. The van der Waals surface area contributed by atoms with Gasteiger partial charge in [-0.05, 0) is 81.4 Å². The Morgan fingerprint density at radius 3 is 1.85 bits per heavy atom. The number of para-hydroxylation sites is 1. The standard InChI is InChI=1S/C45H33NS/c1-45(2)41-21-10-8-17-36(41)40-29-33(27-28-42(40)45)46(31-13-4-3-5-14-31)32-25-23-30(24-26-32)34-15-6-7-16-35(34)38-19-12-20-39-37-18-9-11-22-43(37)47-44(38)39/h3-29H,1-2H3. The van der Waals surface area contributed by atoms with E-state index in [1.54, 1.807) is 0 Å². The highest BCUT2D eigenvalue weighted by Gasteiger charge is 2.35. The fourth-order valence-corrected chi connectivity index (χ4v) is 8.82. The average molecular weight is 620 g/mol. The average Bonchev–Trinajstić information content (AvgIpc) is 3.61. The molecule has 0 radical (unpaired) electrons. The Morgan fingerprint density at radius 1 is 0.426 bits per heavy atom. The number of rotatable bonds is 5. The molecular weight excluding hydrogens is 587 g/mol. The van der Waals surface area contributed by atoms with Crippen molar-refractivity contribution in [3.63, 3.8) is 0 Å². The maximum atomic E-state index is 2.38. The van der Waals surface area contributed by atoms with Gasteiger partial charge in [-0.1, -0.05) is 135 Å². The molecule has 0 unspecified atom stereocenters. The van der Waals surface area contributed by atoms with Gasteiger partial charge in [-0.2, -0.15) is 0 Å². The first-order chi connectivity index (χ1) is 23.1. The lowest BCUT2D eigenvalue weighted by Gasteiger charge is -2.27. The van der Waals surface area contributed by atoms with E-state index in [1.807, 2.05) is 11.3 Å². The summed E-state index contributed by atoms with van der Waals surface area (Å²) in [4.78, 5) is 2.38. The molecule has 0 saturated carbocycles. The van der Waals surface area contributed by atoms with E-state index in [0.29, 0.717) is 0 Å². The molecule has 9 rings (SSSR count). The third-order valence-electron chi connectivity index (χ3n) is 9.90. The van der Waals surface area contributed by atoms with E-state index < -0.39 is 0 Å². The zero-order valence-corrected chi connectivity index (χ0v) is 27.3. The molecule has 1 heterocycles. The Labute approximate surface area is 280 Å². The van der Waals surface area contributed by atoms with Crippen LogP contribution in [0, 0.1) is 0 Å². The van der Waals surface area contributed by atoms with Gasteiger partial charge in [0.2, 0.25) is 0 Å². The first-order valence-corrected chi connectivity index (χ1v) is 17.1. The van der Waals surface area contributed by atoms with Gasteiger partial charge in [-0.25, -0.2) is 0 Å². The molecule has 0 amide bonds. The van der Waals surface area contributed by atoms with Crippen molar-refractivity contribution in [2.45, 2.75) is 19.3 Å². The lowest BCUT2D eigenvalue weighted by molar-refractivity contribution is 0.660. The number of nitrogens with zero attached hydrogens (tertiary/aromatic N) is 1. The predicted octanol–water partition coefficient (Wildman–Crippen LogP) is 13.2. The van der Waals surface area contributed by atoms with Crippen molar-refractivity contribution in [1.29, 1.82) is 0 Å².